The maximum Gasteiger partial charge on any atom is 0.326 e. The van der Waals surface area contributed by atoms with Crippen molar-refractivity contribution < 1.29 is 33.6 Å². The van der Waals surface area contributed by atoms with Crippen LogP contribution in [0.1, 0.15) is 13.8 Å². The van der Waals surface area contributed by atoms with Crippen molar-refractivity contribution in [2.45, 2.75) is 20.0 Å². The predicted octanol–water partition coefficient (Wildman–Crippen LogP) is -2.78. The summed E-state index contributed by atoms with van der Waals surface area (Å²) in [7, 11) is 0. The van der Waals surface area contributed by atoms with Crippen molar-refractivity contribution in [2.75, 3.05) is 39.3 Å². The number of hydrogen-bond donors (Lipinski definition) is 2. The van der Waals surface area contributed by atoms with E-state index in [0.29, 0.717) is 22.9 Å². The van der Waals surface area contributed by atoms with Gasteiger partial charge in [0.15, 0.2) is 6.17 Å². The molecule has 0 bridgehead atoms. The molecule has 2 rings (SSSR count). The van der Waals surface area contributed by atoms with Gasteiger partial charge in [-0.2, -0.15) is 0 Å². The molecule has 2 heterocycles. The SMILES string of the molecule is CCN1CCN(C(=O)NC([C]=O)NC(=O)N2CCN(CC)C(=O)C2=O)C(=O)C1=O. The Bertz CT molecular complexity index is 696. The van der Waals surface area contributed by atoms with Gasteiger partial charge in [0.05, 0.1) is 0 Å². The Hall–Kier alpha value is -3.51. The Labute approximate surface area is 165 Å². The number of hydrogen-bond acceptors (Lipinski definition) is 7. The second kappa shape index (κ2) is 9.12. The van der Waals surface area contributed by atoms with E-state index in [1.165, 1.54) is 16.1 Å². The van der Waals surface area contributed by atoms with E-state index in [0.717, 1.165) is 0 Å². The van der Waals surface area contributed by atoms with Gasteiger partial charge in [-0.3, -0.25) is 33.8 Å². The first-order chi connectivity index (χ1) is 13.7. The number of rotatable bonds is 5. The van der Waals surface area contributed by atoms with Crippen LogP contribution in [0.2, 0.25) is 0 Å². The van der Waals surface area contributed by atoms with Gasteiger partial charge in [0, 0.05) is 39.3 Å². The van der Waals surface area contributed by atoms with Gasteiger partial charge in [-0.05, 0) is 13.8 Å². The lowest BCUT2D eigenvalue weighted by atomic mass is 10.3. The molecule has 29 heavy (non-hydrogen) atoms. The van der Waals surface area contributed by atoms with Crippen LogP contribution in [-0.4, -0.2) is 107 Å². The minimum absolute atomic E-state index is 0.0876. The number of nitrogens with zero attached hydrogens (tertiary/aromatic N) is 4. The fourth-order valence-electron chi connectivity index (χ4n) is 2.84. The first-order valence-corrected chi connectivity index (χ1v) is 8.95. The minimum Gasteiger partial charge on any atom is -0.333 e. The molecule has 0 aromatic heterocycles. The first kappa shape index (κ1) is 21.8. The number of carbonyl (C=O) groups excluding carboxylic acids is 7. The highest BCUT2D eigenvalue weighted by molar-refractivity contribution is 6.38. The van der Waals surface area contributed by atoms with Crippen LogP contribution in [0.4, 0.5) is 9.59 Å². The summed E-state index contributed by atoms with van der Waals surface area (Å²) in [6, 6.07) is -2.16. The average molecular weight is 409 g/mol. The minimum atomic E-state index is -1.70. The third-order valence-corrected chi connectivity index (χ3v) is 4.52. The summed E-state index contributed by atoms with van der Waals surface area (Å²) in [5.41, 5.74) is 0. The molecular weight excluding hydrogens is 388 g/mol. The molecule has 2 fully saturated rings. The summed E-state index contributed by atoms with van der Waals surface area (Å²) in [5, 5.41) is 4.09. The van der Waals surface area contributed by atoms with Crippen molar-refractivity contribution in [3.8, 4) is 0 Å². The standard InChI is InChI=1S/C16H21N6O7/c1-3-19-5-7-21(13(26)11(19)24)15(28)17-10(9-23)18-16(29)22-8-6-20(4-2)12(25)14(22)27/h10H,3-8H2,1-2H3,(H,17,28)(H,18,29). The number of nitrogens with one attached hydrogen (secondary N) is 2. The Kier molecular flexibility index (Phi) is 6.85. The van der Waals surface area contributed by atoms with E-state index in [-0.39, 0.29) is 26.2 Å². The molecule has 1 radical (unpaired) electrons. The zero-order valence-electron chi connectivity index (χ0n) is 16.0. The highest BCUT2D eigenvalue weighted by Gasteiger charge is 2.38. The van der Waals surface area contributed by atoms with Gasteiger partial charge in [-0.1, -0.05) is 0 Å². The normalized spacial score (nSPS) is 17.8. The van der Waals surface area contributed by atoms with Crippen LogP contribution < -0.4 is 10.6 Å². The number of likely N-dealkylation sites (N-methyl/N-ethyl adjacent to an activating group) is 2. The van der Waals surface area contributed by atoms with Gasteiger partial charge in [-0.15, -0.1) is 0 Å². The summed E-state index contributed by atoms with van der Waals surface area (Å²) >= 11 is 0. The van der Waals surface area contributed by atoms with Gasteiger partial charge in [0.1, 0.15) is 0 Å². The van der Waals surface area contributed by atoms with Crippen molar-refractivity contribution in [1.82, 2.24) is 30.2 Å². The van der Waals surface area contributed by atoms with E-state index in [2.05, 4.69) is 0 Å². The highest BCUT2D eigenvalue weighted by Crippen LogP contribution is 2.07. The van der Waals surface area contributed by atoms with E-state index in [4.69, 9.17) is 0 Å². The Balaban J connectivity index is 1.97. The van der Waals surface area contributed by atoms with E-state index in [9.17, 15) is 33.6 Å². The summed E-state index contributed by atoms with van der Waals surface area (Å²) in [5.74, 6) is -3.85. The van der Waals surface area contributed by atoms with Crippen molar-refractivity contribution >= 4 is 42.0 Å². The van der Waals surface area contributed by atoms with Crippen molar-refractivity contribution in [3.05, 3.63) is 0 Å². The van der Waals surface area contributed by atoms with Gasteiger partial charge in [0.25, 0.3) is 0 Å². The Morgan fingerprint density at radius 1 is 0.793 bits per heavy atom. The van der Waals surface area contributed by atoms with Gasteiger partial charge in [0.2, 0.25) is 6.29 Å². The highest BCUT2D eigenvalue weighted by atomic mass is 16.2. The monoisotopic (exact) mass is 409 g/mol. The molecule has 0 atom stereocenters. The number of urea groups is 2. The second-order valence-electron chi connectivity index (χ2n) is 6.13. The second-order valence-corrected chi connectivity index (χ2v) is 6.13. The zero-order valence-corrected chi connectivity index (χ0v) is 16.0. The number of imide groups is 2. The summed E-state index contributed by atoms with van der Waals surface area (Å²) < 4.78 is 0. The lowest BCUT2D eigenvalue weighted by molar-refractivity contribution is -0.153. The van der Waals surface area contributed by atoms with Crippen LogP contribution in [0.3, 0.4) is 0 Å². The van der Waals surface area contributed by atoms with Crippen molar-refractivity contribution in [2.24, 2.45) is 0 Å². The van der Waals surface area contributed by atoms with Crippen LogP contribution in [0.25, 0.3) is 0 Å². The number of amides is 8. The van der Waals surface area contributed by atoms with Crippen molar-refractivity contribution in [3.63, 3.8) is 0 Å². The van der Waals surface area contributed by atoms with Crippen LogP contribution >= 0.6 is 0 Å². The fraction of sp³-hybridized carbons (Fsp3) is 0.562. The molecule has 2 aliphatic rings. The predicted molar refractivity (Wildman–Crippen MR) is 94.5 cm³/mol. The molecule has 0 aromatic carbocycles. The molecule has 0 spiro atoms. The summed E-state index contributed by atoms with van der Waals surface area (Å²) in [6.07, 6.45) is -0.346. The topological polar surface area (TPSA) is 157 Å². The van der Waals surface area contributed by atoms with E-state index in [1.807, 2.05) is 10.6 Å². The molecule has 8 amide bonds. The molecule has 13 nitrogen and oxygen atoms in total. The molecule has 2 saturated heterocycles. The quantitative estimate of drug-likeness (QED) is 0.367. The van der Waals surface area contributed by atoms with Gasteiger partial charge < -0.3 is 20.4 Å². The molecular formula is C16H21N6O7. The third-order valence-electron chi connectivity index (χ3n) is 4.52. The summed E-state index contributed by atoms with van der Waals surface area (Å²) in [6.45, 7) is 4.06. The smallest absolute Gasteiger partial charge is 0.326 e. The van der Waals surface area contributed by atoms with E-state index < -0.39 is 41.9 Å². The Morgan fingerprint density at radius 2 is 1.17 bits per heavy atom. The molecule has 157 valence electrons. The van der Waals surface area contributed by atoms with Crippen LogP contribution in [-0.2, 0) is 24.0 Å². The lowest BCUT2D eigenvalue weighted by Crippen LogP contribution is -2.63. The summed E-state index contributed by atoms with van der Waals surface area (Å²) in [4.78, 5) is 87.0. The van der Waals surface area contributed by atoms with Gasteiger partial charge >= 0.3 is 35.7 Å². The third kappa shape index (κ3) is 4.50. The molecule has 2 aliphatic heterocycles. The molecule has 2 N–H and O–H groups in total. The first-order valence-electron chi connectivity index (χ1n) is 8.95. The van der Waals surface area contributed by atoms with E-state index >= 15 is 0 Å². The number of carbonyl (C=O) groups is 6. The van der Waals surface area contributed by atoms with Crippen LogP contribution in [0.15, 0.2) is 0 Å². The van der Waals surface area contributed by atoms with Crippen LogP contribution in [0, 0.1) is 0 Å². The molecule has 0 unspecified atom stereocenters. The lowest BCUT2D eigenvalue weighted by Gasteiger charge is -2.33. The van der Waals surface area contributed by atoms with E-state index in [1.54, 1.807) is 13.8 Å². The molecule has 0 aliphatic carbocycles. The van der Waals surface area contributed by atoms with Crippen LogP contribution in [0.5, 0.6) is 0 Å². The van der Waals surface area contributed by atoms with Gasteiger partial charge in [-0.25, -0.2) is 9.59 Å². The molecule has 0 aromatic rings. The molecule has 13 heteroatoms. The van der Waals surface area contributed by atoms with Crippen molar-refractivity contribution in [1.29, 1.82) is 0 Å². The largest absolute Gasteiger partial charge is 0.333 e. The number of piperazine rings is 2. The zero-order chi connectivity index (χ0) is 21.7. The Morgan fingerprint density at radius 3 is 1.48 bits per heavy atom. The average Bonchev–Trinajstić information content (AvgIpc) is 2.71. The molecule has 0 saturated carbocycles. The maximum atomic E-state index is 12.2. The fourth-order valence-corrected chi connectivity index (χ4v) is 2.84. The maximum absolute atomic E-state index is 12.2.